The zero-order chi connectivity index (χ0) is 37.3. The molecule has 284 valence electrons. The molecule has 5 atom stereocenters. The van der Waals surface area contributed by atoms with Crippen molar-refractivity contribution in [3.05, 3.63) is 36.0 Å². The van der Waals surface area contributed by atoms with Gasteiger partial charge >= 0.3 is 0 Å². The Labute approximate surface area is 307 Å². The quantitative estimate of drug-likeness (QED) is 0.209. The number of azo groups is 1. The predicted molar refractivity (Wildman–Crippen MR) is 193 cm³/mol. The third-order valence-electron chi connectivity index (χ3n) is 11.9. The van der Waals surface area contributed by atoms with Crippen LogP contribution in [-0.2, 0) is 35.2 Å². The standard InChI is InChI=1S/C37H50N10O6/c38-25(18-22-20-40-26-7-2-1-6-24(22)26)34(51)46-16-4-9-29(46)36(53)47-17-5-10-30(47)35(52)45-15-3-8-28(45)33(50)42-27(32(39)49)19-31(48)41-21-37-13-11-23(12-14-37)43-44-37/h1-2,6-7,20,23,25,27-30,40H,3-5,8-19,21,38H2,(H2,39,49)(H,41,48)(H,42,50)/t23?,25-,27-,28-,29-,30-,37?/m0/s1. The molecular formula is C37H50N10O6. The van der Waals surface area contributed by atoms with Crippen LogP contribution in [0, 0.1) is 0 Å². The summed E-state index contributed by atoms with van der Waals surface area (Å²) in [6, 6.07) is 3.58. The fourth-order valence-corrected chi connectivity index (χ4v) is 8.88. The van der Waals surface area contributed by atoms with Crippen molar-refractivity contribution < 1.29 is 28.8 Å². The minimum absolute atomic E-state index is 0.265. The highest BCUT2D eigenvalue weighted by atomic mass is 16.2. The smallest absolute Gasteiger partial charge is 0.246 e. The molecule has 6 heterocycles. The lowest BCUT2D eigenvalue weighted by Crippen LogP contribution is -2.58. The minimum atomic E-state index is -1.26. The van der Waals surface area contributed by atoms with Crippen molar-refractivity contribution in [3.63, 3.8) is 0 Å². The molecule has 53 heavy (non-hydrogen) atoms. The van der Waals surface area contributed by atoms with Crippen molar-refractivity contribution in [2.75, 3.05) is 26.2 Å². The summed E-state index contributed by atoms with van der Waals surface area (Å²) in [6.45, 7) is 1.38. The molecule has 1 aromatic carbocycles. The lowest BCUT2D eigenvalue weighted by Gasteiger charge is -2.39. The van der Waals surface area contributed by atoms with Crippen LogP contribution in [0.5, 0.6) is 0 Å². The molecule has 0 spiro atoms. The first kappa shape index (κ1) is 36.5. The second-order valence-corrected chi connectivity index (χ2v) is 15.4. The highest BCUT2D eigenvalue weighted by Crippen LogP contribution is 2.38. The molecule has 5 aliphatic heterocycles. The maximum absolute atomic E-state index is 14.1. The van der Waals surface area contributed by atoms with Gasteiger partial charge in [0.05, 0.1) is 24.0 Å². The predicted octanol–water partition coefficient (Wildman–Crippen LogP) is 0.634. The summed E-state index contributed by atoms with van der Waals surface area (Å²) >= 11 is 0. The van der Waals surface area contributed by atoms with E-state index in [1.54, 1.807) is 9.80 Å². The zero-order valence-electron chi connectivity index (χ0n) is 30.0. The van der Waals surface area contributed by atoms with Crippen LogP contribution in [0.4, 0.5) is 0 Å². The molecule has 6 amide bonds. The molecule has 1 aliphatic carbocycles. The number of carbonyl (C=O) groups excluding carboxylic acids is 6. The lowest BCUT2D eigenvalue weighted by atomic mass is 9.78. The molecule has 1 saturated carbocycles. The maximum Gasteiger partial charge on any atom is 0.246 e. The summed E-state index contributed by atoms with van der Waals surface area (Å²) in [4.78, 5) is 88.4. The number of carbonyl (C=O) groups is 6. The van der Waals surface area contributed by atoms with E-state index in [1.165, 1.54) is 4.90 Å². The summed E-state index contributed by atoms with van der Waals surface area (Å²) in [5, 5.41) is 15.2. The van der Waals surface area contributed by atoms with Gasteiger partial charge in [-0.3, -0.25) is 28.8 Å². The number of aromatic amines is 1. The Morgan fingerprint density at radius 3 is 2.15 bits per heavy atom. The number of aromatic nitrogens is 1. The fourth-order valence-electron chi connectivity index (χ4n) is 8.88. The Kier molecular flexibility index (Phi) is 10.5. The molecule has 7 N–H and O–H groups in total. The number of rotatable bonds is 12. The molecule has 2 aromatic rings. The van der Waals surface area contributed by atoms with E-state index in [-0.39, 0.29) is 30.2 Å². The molecule has 8 rings (SSSR count). The van der Waals surface area contributed by atoms with Gasteiger partial charge < -0.3 is 41.8 Å². The van der Waals surface area contributed by atoms with Crippen molar-refractivity contribution in [3.8, 4) is 0 Å². The molecule has 2 bridgehead atoms. The highest BCUT2D eigenvalue weighted by molar-refractivity contribution is 5.97. The summed E-state index contributed by atoms with van der Waals surface area (Å²) in [6.07, 6.45) is 8.46. The van der Waals surface area contributed by atoms with E-state index in [0.717, 1.165) is 42.1 Å². The van der Waals surface area contributed by atoms with Crippen LogP contribution in [0.2, 0.25) is 0 Å². The van der Waals surface area contributed by atoms with Crippen molar-refractivity contribution >= 4 is 46.3 Å². The number of nitrogens with one attached hydrogen (secondary N) is 3. The lowest BCUT2D eigenvalue weighted by molar-refractivity contribution is -0.150. The molecule has 16 nitrogen and oxygen atoms in total. The zero-order valence-corrected chi connectivity index (χ0v) is 30.0. The summed E-state index contributed by atoms with van der Waals surface area (Å²) in [5.41, 5.74) is 13.5. The number of fused-ring (bicyclic) bond motifs is 3. The van der Waals surface area contributed by atoms with Gasteiger partial charge in [0.25, 0.3) is 0 Å². The second-order valence-electron chi connectivity index (χ2n) is 15.4. The largest absolute Gasteiger partial charge is 0.368 e. The van der Waals surface area contributed by atoms with Gasteiger partial charge in [-0.05, 0) is 82.3 Å². The van der Waals surface area contributed by atoms with Crippen LogP contribution in [0.3, 0.4) is 0 Å². The average molecular weight is 731 g/mol. The number of nitrogens with zero attached hydrogens (tertiary/aromatic N) is 5. The summed E-state index contributed by atoms with van der Waals surface area (Å²) in [7, 11) is 0. The number of H-pyrrole nitrogens is 1. The Morgan fingerprint density at radius 1 is 0.868 bits per heavy atom. The van der Waals surface area contributed by atoms with E-state index in [2.05, 4.69) is 25.8 Å². The summed E-state index contributed by atoms with van der Waals surface area (Å²) < 4.78 is 0. The van der Waals surface area contributed by atoms with Crippen LogP contribution in [0.15, 0.2) is 40.7 Å². The molecule has 0 unspecified atom stereocenters. The van der Waals surface area contributed by atoms with Gasteiger partial charge in [0, 0.05) is 43.3 Å². The monoisotopic (exact) mass is 730 g/mol. The van der Waals surface area contributed by atoms with Crippen LogP contribution in [-0.4, -0.2) is 123 Å². The molecule has 3 saturated heterocycles. The van der Waals surface area contributed by atoms with Gasteiger partial charge in [-0.2, -0.15) is 10.2 Å². The normalized spacial score (nSPS) is 27.6. The van der Waals surface area contributed by atoms with Crippen molar-refractivity contribution in [1.29, 1.82) is 0 Å². The molecule has 16 heteroatoms. The topological polar surface area (TPSA) is 229 Å². The molecule has 0 radical (unpaired) electrons. The average Bonchev–Trinajstić information content (AvgIpc) is 4.01. The SMILES string of the molecule is NC(=O)[C@H](CC(=O)NCC12CCC(CC1)N=N2)NC(=O)[C@@H]1CCCN1C(=O)[C@@H]1CCCN1C(=O)[C@@H]1CCCN1C(=O)[C@@H](N)Cc1c[nH]c2ccccc12. The van der Waals surface area contributed by atoms with E-state index in [0.29, 0.717) is 71.1 Å². The first-order valence-electron chi connectivity index (χ1n) is 19.0. The van der Waals surface area contributed by atoms with Crippen molar-refractivity contribution in [2.24, 2.45) is 21.7 Å². The Bertz CT molecular complexity index is 1790. The van der Waals surface area contributed by atoms with Gasteiger partial charge in [0.15, 0.2) is 0 Å². The number of nitrogens with two attached hydrogens (primary N) is 2. The van der Waals surface area contributed by atoms with Crippen LogP contribution < -0.4 is 22.1 Å². The number of likely N-dealkylation sites (tertiary alicyclic amines) is 3. The van der Waals surface area contributed by atoms with Gasteiger partial charge in [-0.15, -0.1) is 0 Å². The minimum Gasteiger partial charge on any atom is -0.368 e. The first-order chi connectivity index (χ1) is 25.5. The van der Waals surface area contributed by atoms with Gasteiger partial charge in [-0.25, -0.2) is 0 Å². The van der Waals surface area contributed by atoms with E-state index in [9.17, 15) is 28.8 Å². The molecule has 6 aliphatic rings. The Morgan fingerprint density at radius 2 is 1.49 bits per heavy atom. The highest BCUT2D eigenvalue weighted by Gasteiger charge is 2.46. The fraction of sp³-hybridized carbons (Fsp3) is 0.622. The van der Waals surface area contributed by atoms with Crippen molar-refractivity contribution in [2.45, 2.75) is 119 Å². The second kappa shape index (κ2) is 15.2. The summed E-state index contributed by atoms with van der Waals surface area (Å²) in [5.74, 6) is -2.79. The Balaban J connectivity index is 0.951. The maximum atomic E-state index is 14.1. The van der Waals surface area contributed by atoms with Crippen molar-refractivity contribution in [1.82, 2.24) is 30.3 Å². The number of hydrogen-bond acceptors (Lipinski definition) is 9. The third-order valence-corrected chi connectivity index (χ3v) is 11.9. The Hall–Kier alpha value is -4.86. The van der Waals surface area contributed by atoms with Gasteiger partial charge in [-0.1, -0.05) is 18.2 Å². The van der Waals surface area contributed by atoms with Crippen LogP contribution in [0.1, 0.15) is 76.2 Å². The van der Waals surface area contributed by atoms with Crippen LogP contribution in [0.25, 0.3) is 10.9 Å². The number of amides is 6. The number of benzene rings is 1. The number of primary amides is 1. The molecular weight excluding hydrogens is 680 g/mol. The van der Waals surface area contributed by atoms with E-state index >= 15 is 0 Å². The number of hydrogen-bond donors (Lipinski definition) is 5. The first-order valence-corrected chi connectivity index (χ1v) is 19.0. The number of para-hydroxylation sites is 1. The van der Waals surface area contributed by atoms with Crippen LogP contribution >= 0.6 is 0 Å². The van der Waals surface area contributed by atoms with E-state index in [4.69, 9.17) is 11.5 Å². The molecule has 4 fully saturated rings. The van der Waals surface area contributed by atoms with Gasteiger partial charge in [0.1, 0.15) is 24.2 Å². The van der Waals surface area contributed by atoms with E-state index in [1.807, 2.05) is 30.5 Å². The molecule has 1 aromatic heterocycles. The van der Waals surface area contributed by atoms with E-state index < -0.39 is 53.5 Å². The third kappa shape index (κ3) is 7.50. The van der Waals surface area contributed by atoms with Gasteiger partial charge in [0.2, 0.25) is 35.4 Å².